The second kappa shape index (κ2) is 5.74. The van der Waals surface area contributed by atoms with Gasteiger partial charge in [-0.1, -0.05) is 36.5 Å². The van der Waals surface area contributed by atoms with E-state index in [0.717, 1.165) is 21.7 Å². The van der Waals surface area contributed by atoms with Crippen LogP contribution >= 0.6 is 12.2 Å². The molecule has 3 nitrogen and oxygen atoms in total. The standard InChI is InChI=1S/C17H16O3S/c1-18-14-8-7-11(9-16(14)19-2)15-10-17(21)12-5-3-4-6-13(12)20-15/h3-9,15H,10H2,1-2H3. The lowest BCUT2D eigenvalue weighted by atomic mass is 9.97. The van der Waals surface area contributed by atoms with Gasteiger partial charge >= 0.3 is 0 Å². The Kier molecular flexibility index (Phi) is 3.80. The topological polar surface area (TPSA) is 27.7 Å². The van der Waals surface area contributed by atoms with E-state index < -0.39 is 0 Å². The van der Waals surface area contributed by atoms with Crippen LogP contribution in [0.15, 0.2) is 42.5 Å². The Bertz CT molecular complexity index is 681. The maximum atomic E-state index is 6.08. The first-order valence-corrected chi connectivity index (χ1v) is 7.14. The molecule has 1 atom stereocenters. The Morgan fingerprint density at radius 2 is 1.81 bits per heavy atom. The van der Waals surface area contributed by atoms with Crippen molar-refractivity contribution in [2.24, 2.45) is 0 Å². The van der Waals surface area contributed by atoms with Crippen LogP contribution in [0.25, 0.3) is 0 Å². The zero-order valence-electron chi connectivity index (χ0n) is 12.0. The lowest BCUT2D eigenvalue weighted by Gasteiger charge is -2.27. The van der Waals surface area contributed by atoms with E-state index in [-0.39, 0.29) is 6.10 Å². The van der Waals surface area contributed by atoms with Gasteiger partial charge in [0.1, 0.15) is 11.9 Å². The average Bonchev–Trinajstić information content (AvgIpc) is 2.54. The van der Waals surface area contributed by atoms with Crippen molar-refractivity contribution in [2.75, 3.05) is 14.2 Å². The quantitative estimate of drug-likeness (QED) is 0.802. The highest BCUT2D eigenvalue weighted by Gasteiger charge is 2.25. The molecule has 0 bridgehead atoms. The molecule has 2 aromatic rings. The number of fused-ring (bicyclic) bond motifs is 1. The lowest BCUT2D eigenvalue weighted by molar-refractivity contribution is 0.207. The maximum absolute atomic E-state index is 6.08. The fourth-order valence-corrected chi connectivity index (χ4v) is 2.83. The molecule has 4 heteroatoms. The molecule has 108 valence electrons. The van der Waals surface area contributed by atoms with Gasteiger partial charge in [-0.05, 0) is 23.8 Å². The molecule has 0 fully saturated rings. The second-order valence-electron chi connectivity index (χ2n) is 4.84. The fourth-order valence-electron chi connectivity index (χ4n) is 2.51. The van der Waals surface area contributed by atoms with Crippen molar-refractivity contribution in [3.05, 3.63) is 53.6 Å². The Hall–Kier alpha value is -2.07. The number of rotatable bonds is 3. The number of para-hydroxylation sites is 1. The van der Waals surface area contributed by atoms with Crippen LogP contribution in [0.1, 0.15) is 23.7 Å². The maximum Gasteiger partial charge on any atom is 0.161 e. The number of methoxy groups -OCH3 is 2. The Morgan fingerprint density at radius 3 is 2.57 bits per heavy atom. The summed E-state index contributed by atoms with van der Waals surface area (Å²) in [5, 5.41) is 0. The molecule has 0 saturated carbocycles. The van der Waals surface area contributed by atoms with Gasteiger partial charge in [0.05, 0.1) is 14.2 Å². The number of benzene rings is 2. The average molecular weight is 300 g/mol. The summed E-state index contributed by atoms with van der Waals surface area (Å²) in [4.78, 5) is 0.927. The first kappa shape index (κ1) is 13.9. The molecule has 2 aromatic carbocycles. The van der Waals surface area contributed by atoms with Crippen LogP contribution in [0, 0.1) is 0 Å². The molecule has 0 radical (unpaired) electrons. The first-order chi connectivity index (χ1) is 10.2. The summed E-state index contributed by atoms with van der Waals surface area (Å²) in [6, 6.07) is 13.7. The smallest absolute Gasteiger partial charge is 0.161 e. The van der Waals surface area contributed by atoms with Crippen LogP contribution in [-0.4, -0.2) is 19.1 Å². The van der Waals surface area contributed by atoms with Crippen molar-refractivity contribution < 1.29 is 14.2 Å². The summed E-state index contributed by atoms with van der Waals surface area (Å²) in [5.41, 5.74) is 2.05. The third-order valence-corrected chi connectivity index (χ3v) is 3.99. The van der Waals surface area contributed by atoms with E-state index >= 15 is 0 Å². The van der Waals surface area contributed by atoms with Gasteiger partial charge in [0, 0.05) is 16.8 Å². The normalized spacial score (nSPS) is 16.9. The highest BCUT2D eigenvalue weighted by molar-refractivity contribution is 7.80. The van der Waals surface area contributed by atoms with E-state index in [9.17, 15) is 0 Å². The molecule has 0 aliphatic carbocycles. The van der Waals surface area contributed by atoms with Crippen LogP contribution in [0.2, 0.25) is 0 Å². The van der Waals surface area contributed by atoms with Crippen molar-refractivity contribution in [1.82, 2.24) is 0 Å². The molecule has 1 aliphatic rings. The van der Waals surface area contributed by atoms with Crippen LogP contribution < -0.4 is 14.2 Å². The van der Waals surface area contributed by atoms with Crippen molar-refractivity contribution in [2.45, 2.75) is 12.5 Å². The third kappa shape index (κ3) is 2.59. The van der Waals surface area contributed by atoms with Crippen LogP contribution in [0.4, 0.5) is 0 Å². The van der Waals surface area contributed by atoms with Crippen molar-refractivity contribution in [3.63, 3.8) is 0 Å². The van der Waals surface area contributed by atoms with E-state index in [1.807, 2.05) is 42.5 Å². The molecule has 0 spiro atoms. The molecule has 1 heterocycles. The van der Waals surface area contributed by atoms with Crippen LogP contribution in [0.5, 0.6) is 17.2 Å². The van der Waals surface area contributed by atoms with Gasteiger partial charge in [-0.3, -0.25) is 0 Å². The van der Waals surface area contributed by atoms with E-state index in [2.05, 4.69) is 0 Å². The van der Waals surface area contributed by atoms with Crippen molar-refractivity contribution >= 4 is 17.1 Å². The molecule has 1 aliphatic heterocycles. The molecule has 0 aromatic heterocycles. The molecule has 3 rings (SSSR count). The molecule has 1 unspecified atom stereocenters. The number of thiocarbonyl (C=S) groups is 1. The monoisotopic (exact) mass is 300 g/mol. The molecular weight excluding hydrogens is 284 g/mol. The van der Waals surface area contributed by atoms with Gasteiger partial charge in [-0.15, -0.1) is 0 Å². The van der Waals surface area contributed by atoms with Crippen molar-refractivity contribution in [1.29, 1.82) is 0 Å². The third-order valence-electron chi connectivity index (χ3n) is 3.61. The molecule has 0 N–H and O–H groups in total. The van der Waals surface area contributed by atoms with Gasteiger partial charge < -0.3 is 14.2 Å². The SMILES string of the molecule is COc1ccc(C2CC(=S)c3ccccc3O2)cc1OC. The minimum atomic E-state index is -0.0905. The van der Waals surface area contributed by atoms with E-state index in [4.69, 9.17) is 26.4 Å². The summed E-state index contributed by atoms with van der Waals surface area (Å²) in [5.74, 6) is 2.25. The van der Waals surface area contributed by atoms with Gasteiger partial charge in [0.2, 0.25) is 0 Å². The second-order valence-corrected chi connectivity index (χ2v) is 5.34. The number of hydrogen-bond donors (Lipinski definition) is 0. The van der Waals surface area contributed by atoms with Crippen LogP contribution in [0.3, 0.4) is 0 Å². The van der Waals surface area contributed by atoms with E-state index in [1.54, 1.807) is 14.2 Å². The van der Waals surface area contributed by atoms with Crippen LogP contribution in [-0.2, 0) is 0 Å². The summed E-state index contributed by atoms with van der Waals surface area (Å²) < 4.78 is 16.7. The largest absolute Gasteiger partial charge is 0.493 e. The Morgan fingerprint density at radius 1 is 1.05 bits per heavy atom. The number of ether oxygens (including phenoxy) is 3. The minimum Gasteiger partial charge on any atom is -0.493 e. The van der Waals surface area contributed by atoms with Crippen molar-refractivity contribution in [3.8, 4) is 17.2 Å². The zero-order valence-corrected chi connectivity index (χ0v) is 12.8. The highest BCUT2D eigenvalue weighted by atomic mass is 32.1. The lowest BCUT2D eigenvalue weighted by Crippen LogP contribution is -2.19. The van der Waals surface area contributed by atoms with Gasteiger partial charge in [-0.25, -0.2) is 0 Å². The minimum absolute atomic E-state index is 0.0905. The van der Waals surface area contributed by atoms with Gasteiger partial charge in [-0.2, -0.15) is 0 Å². The molecule has 0 saturated heterocycles. The van der Waals surface area contributed by atoms with Gasteiger partial charge in [0.15, 0.2) is 11.5 Å². The van der Waals surface area contributed by atoms with Gasteiger partial charge in [0.25, 0.3) is 0 Å². The molecule has 21 heavy (non-hydrogen) atoms. The Balaban J connectivity index is 1.94. The highest BCUT2D eigenvalue weighted by Crippen LogP contribution is 2.38. The zero-order chi connectivity index (χ0) is 14.8. The molecule has 0 amide bonds. The first-order valence-electron chi connectivity index (χ1n) is 6.73. The van der Waals surface area contributed by atoms with E-state index in [0.29, 0.717) is 17.9 Å². The Labute approximate surface area is 129 Å². The number of hydrogen-bond acceptors (Lipinski definition) is 4. The fraction of sp³-hybridized carbons (Fsp3) is 0.235. The van der Waals surface area contributed by atoms with E-state index in [1.165, 1.54) is 0 Å². The summed E-state index contributed by atoms with van der Waals surface area (Å²) in [6.07, 6.45) is 0.606. The predicted molar refractivity (Wildman–Crippen MR) is 85.7 cm³/mol. The molecular formula is C17H16O3S. The summed E-state index contributed by atoms with van der Waals surface area (Å²) in [6.45, 7) is 0. The summed E-state index contributed by atoms with van der Waals surface area (Å²) in [7, 11) is 3.25. The predicted octanol–water partition coefficient (Wildman–Crippen LogP) is 3.95. The summed E-state index contributed by atoms with van der Waals surface area (Å²) >= 11 is 5.51.